The molecule has 35 heavy (non-hydrogen) atoms. The normalized spacial score (nSPS) is 24.4. The average molecular weight is 486 g/mol. The van der Waals surface area contributed by atoms with Crippen LogP contribution in [0.4, 0.5) is 13.2 Å². The van der Waals surface area contributed by atoms with E-state index in [2.05, 4.69) is 26.0 Å². The van der Waals surface area contributed by atoms with Crippen LogP contribution in [-0.2, 0) is 15.7 Å². The molecule has 11 heteroatoms. The van der Waals surface area contributed by atoms with Gasteiger partial charge in [0.2, 0.25) is 0 Å². The van der Waals surface area contributed by atoms with Crippen molar-refractivity contribution in [1.29, 1.82) is 0 Å². The molecule has 2 atom stereocenters. The van der Waals surface area contributed by atoms with E-state index in [1.54, 1.807) is 19.1 Å². The molecule has 1 aromatic carbocycles. The topological polar surface area (TPSA) is 81.2 Å². The molecule has 1 saturated heterocycles. The maximum Gasteiger partial charge on any atom is 0.417 e. The van der Waals surface area contributed by atoms with Crippen molar-refractivity contribution in [3.8, 4) is 0 Å². The second-order valence-corrected chi connectivity index (χ2v) is 8.48. The van der Waals surface area contributed by atoms with Gasteiger partial charge in [0, 0.05) is 24.9 Å². The summed E-state index contributed by atoms with van der Waals surface area (Å²) in [5.41, 5.74) is 0.141. The van der Waals surface area contributed by atoms with Crippen molar-refractivity contribution in [3.63, 3.8) is 0 Å². The number of benzene rings is 1. The van der Waals surface area contributed by atoms with Crippen molar-refractivity contribution in [2.75, 3.05) is 26.3 Å². The molecule has 1 fully saturated rings. The summed E-state index contributed by atoms with van der Waals surface area (Å²) in [6.45, 7) is 4.55. The van der Waals surface area contributed by atoms with E-state index in [1.807, 2.05) is 12.2 Å². The summed E-state index contributed by atoms with van der Waals surface area (Å²) < 4.78 is 46.3. The second kappa shape index (κ2) is 9.23. The van der Waals surface area contributed by atoms with Gasteiger partial charge in [0.1, 0.15) is 23.8 Å². The highest BCUT2D eigenvalue weighted by atomic mass is 19.4. The Balaban J connectivity index is 1.34. The van der Waals surface area contributed by atoms with Gasteiger partial charge in [-0.05, 0) is 36.8 Å². The number of nitrogens with zero attached hydrogens (tertiary/aromatic N) is 3. The van der Waals surface area contributed by atoms with Crippen LogP contribution in [0.15, 0.2) is 77.0 Å². The molecule has 184 valence electrons. The van der Waals surface area contributed by atoms with Crippen LogP contribution < -0.4 is 16.0 Å². The zero-order chi connectivity index (χ0) is 24.6. The number of amides is 1. The number of nitrogens with one attached hydrogen (secondary N) is 3. The quantitative estimate of drug-likeness (QED) is 0.606. The van der Waals surface area contributed by atoms with Gasteiger partial charge >= 0.3 is 6.18 Å². The Morgan fingerprint density at radius 2 is 1.97 bits per heavy atom. The van der Waals surface area contributed by atoms with E-state index in [4.69, 9.17) is 4.74 Å². The van der Waals surface area contributed by atoms with E-state index < -0.39 is 23.8 Å². The minimum atomic E-state index is -4.53. The van der Waals surface area contributed by atoms with Gasteiger partial charge in [-0.3, -0.25) is 9.69 Å². The van der Waals surface area contributed by atoms with Crippen LogP contribution in [-0.4, -0.2) is 60.2 Å². The largest absolute Gasteiger partial charge is 0.417 e. The average Bonchev–Trinajstić information content (AvgIpc) is 3.26. The third-order valence-corrected chi connectivity index (χ3v) is 6.16. The predicted octanol–water partition coefficient (Wildman–Crippen LogP) is 2.22. The summed E-state index contributed by atoms with van der Waals surface area (Å²) in [6.07, 6.45) is 3.82. The lowest BCUT2D eigenvalue weighted by Gasteiger charge is -2.35. The lowest BCUT2D eigenvalue weighted by atomic mass is 9.96. The van der Waals surface area contributed by atoms with Crippen molar-refractivity contribution < 1.29 is 22.7 Å². The molecule has 3 N–H and O–H groups in total. The van der Waals surface area contributed by atoms with Gasteiger partial charge in [0.05, 0.1) is 24.5 Å². The lowest BCUT2D eigenvalue weighted by Crippen LogP contribution is -2.52. The van der Waals surface area contributed by atoms with Crippen LogP contribution in [0.3, 0.4) is 0 Å². The smallest absolute Gasteiger partial charge is 0.379 e. The molecular formula is C24H25F3N6O2. The number of rotatable bonds is 4. The Hall–Kier alpha value is -3.57. The summed E-state index contributed by atoms with van der Waals surface area (Å²) in [7, 11) is 0. The van der Waals surface area contributed by atoms with E-state index in [-0.39, 0.29) is 23.1 Å². The first-order valence-corrected chi connectivity index (χ1v) is 11.3. The molecule has 0 aliphatic carbocycles. The molecule has 5 rings (SSSR count). The molecule has 4 aliphatic rings. The number of hydrazone groups is 1. The number of carbonyl (C=O) groups is 1. The number of ether oxygens (including phenoxy) is 1. The molecule has 1 aromatic rings. The number of halogens is 3. The highest BCUT2D eigenvalue weighted by Crippen LogP contribution is 2.34. The van der Waals surface area contributed by atoms with E-state index in [0.717, 1.165) is 19.2 Å². The van der Waals surface area contributed by atoms with Crippen LogP contribution in [0, 0.1) is 0 Å². The highest BCUT2D eigenvalue weighted by Gasteiger charge is 2.37. The molecule has 0 saturated carbocycles. The van der Waals surface area contributed by atoms with Gasteiger partial charge in [-0.25, -0.2) is 5.01 Å². The van der Waals surface area contributed by atoms with Crippen LogP contribution in [0.1, 0.15) is 18.1 Å². The molecule has 4 heterocycles. The molecule has 0 bridgehead atoms. The molecule has 0 radical (unpaired) electrons. The number of dihydropyridines is 1. The van der Waals surface area contributed by atoms with Gasteiger partial charge in [0.15, 0.2) is 0 Å². The van der Waals surface area contributed by atoms with Gasteiger partial charge < -0.3 is 20.7 Å². The summed E-state index contributed by atoms with van der Waals surface area (Å²) >= 11 is 0. The lowest BCUT2D eigenvalue weighted by molar-refractivity contribution is -0.137. The number of morpholine rings is 1. The summed E-state index contributed by atoms with van der Waals surface area (Å²) in [6, 6.07) is 5.30. The zero-order valence-corrected chi connectivity index (χ0v) is 19.0. The fourth-order valence-corrected chi connectivity index (χ4v) is 4.41. The third kappa shape index (κ3) is 4.69. The number of allylic oxidation sites excluding steroid dienone is 3. The molecule has 2 unspecified atom stereocenters. The van der Waals surface area contributed by atoms with Crippen molar-refractivity contribution in [2.24, 2.45) is 5.10 Å². The molecule has 8 nitrogen and oxygen atoms in total. The second-order valence-electron chi connectivity index (χ2n) is 8.48. The van der Waals surface area contributed by atoms with Crippen molar-refractivity contribution in [1.82, 2.24) is 25.9 Å². The number of carbonyl (C=O) groups excluding carboxylic acids is 1. The Bertz CT molecular complexity index is 1160. The SMILES string of the molecule is CC1=CC2NC=C(C(=O)NC3=CC=CC(N4CCOCC4)N3)N2N=C1c1ccccc1C(F)(F)F. The Labute approximate surface area is 200 Å². The van der Waals surface area contributed by atoms with E-state index in [0.29, 0.717) is 24.6 Å². The number of hydrogen-bond donors (Lipinski definition) is 3. The van der Waals surface area contributed by atoms with Gasteiger partial charge in [-0.15, -0.1) is 0 Å². The monoisotopic (exact) mass is 486 g/mol. The minimum absolute atomic E-state index is 0.0333. The number of fused-ring (bicyclic) bond motifs is 1. The minimum Gasteiger partial charge on any atom is -0.379 e. The van der Waals surface area contributed by atoms with E-state index in [1.165, 1.54) is 29.4 Å². The fraction of sp³-hybridized carbons (Fsp3) is 0.333. The maximum atomic E-state index is 13.6. The third-order valence-electron chi connectivity index (χ3n) is 6.16. The summed E-state index contributed by atoms with van der Waals surface area (Å²) in [5.74, 6) is 0.0867. The molecule has 1 amide bonds. The van der Waals surface area contributed by atoms with Crippen molar-refractivity contribution in [2.45, 2.75) is 25.4 Å². The first-order chi connectivity index (χ1) is 16.8. The first-order valence-electron chi connectivity index (χ1n) is 11.3. The van der Waals surface area contributed by atoms with Crippen molar-refractivity contribution in [3.05, 3.63) is 83.0 Å². The molecule has 0 aromatic heterocycles. The number of alkyl halides is 3. The Morgan fingerprint density at radius 3 is 2.74 bits per heavy atom. The number of hydrogen-bond acceptors (Lipinski definition) is 7. The molecule has 0 spiro atoms. The summed E-state index contributed by atoms with van der Waals surface area (Å²) in [4.78, 5) is 15.3. The summed E-state index contributed by atoms with van der Waals surface area (Å²) in [5, 5.41) is 15.1. The molecule has 4 aliphatic heterocycles. The first kappa shape index (κ1) is 23.2. The maximum absolute atomic E-state index is 13.6. The Morgan fingerprint density at radius 1 is 1.20 bits per heavy atom. The van der Waals surface area contributed by atoms with E-state index >= 15 is 0 Å². The highest BCUT2D eigenvalue weighted by molar-refractivity contribution is 6.14. The van der Waals surface area contributed by atoms with Crippen LogP contribution in [0.2, 0.25) is 0 Å². The van der Waals surface area contributed by atoms with Gasteiger partial charge in [-0.1, -0.05) is 24.3 Å². The zero-order valence-electron chi connectivity index (χ0n) is 19.0. The molecular weight excluding hydrogens is 461 g/mol. The van der Waals surface area contributed by atoms with Crippen LogP contribution in [0.5, 0.6) is 0 Å². The van der Waals surface area contributed by atoms with Crippen LogP contribution in [0.25, 0.3) is 0 Å². The predicted molar refractivity (Wildman–Crippen MR) is 123 cm³/mol. The fourth-order valence-electron chi connectivity index (χ4n) is 4.41. The van der Waals surface area contributed by atoms with Gasteiger partial charge in [-0.2, -0.15) is 18.3 Å². The Kier molecular flexibility index (Phi) is 6.12. The van der Waals surface area contributed by atoms with Gasteiger partial charge in [0.25, 0.3) is 5.91 Å². The van der Waals surface area contributed by atoms with E-state index in [9.17, 15) is 18.0 Å². The van der Waals surface area contributed by atoms with Crippen molar-refractivity contribution >= 4 is 11.6 Å². The standard InChI is InChI=1S/C24H25F3N6O2/c1-15-13-21-28-14-18(33(21)31-22(15)16-5-2-3-6-17(16)24(25,26)27)23(34)30-19-7-4-8-20(29-19)32-9-11-35-12-10-32/h2-8,13-14,20-21,28-29H,9-12H2,1H3,(H,30,34). The van der Waals surface area contributed by atoms with Crippen LogP contribution >= 0.6 is 0 Å².